The molecule has 0 spiro atoms. The number of nitrogens with zero attached hydrogens (tertiary/aromatic N) is 1. The molecule has 0 radical (unpaired) electrons. The van der Waals surface area contributed by atoms with Crippen LogP contribution < -0.4 is 0 Å². The van der Waals surface area contributed by atoms with Gasteiger partial charge in [-0.1, -0.05) is 24.3 Å². The van der Waals surface area contributed by atoms with Crippen LogP contribution in [0, 0.1) is 0 Å². The first kappa shape index (κ1) is 13.1. The van der Waals surface area contributed by atoms with Gasteiger partial charge in [-0.3, -0.25) is 0 Å². The predicted molar refractivity (Wildman–Crippen MR) is 68.4 cm³/mol. The van der Waals surface area contributed by atoms with Crippen molar-refractivity contribution < 1.29 is 15.0 Å². The first-order chi connectivity index (χ1) is 8.66. The van der Waals surface area contributed by atoms with Crippen molar-refractivity contribution in [2.75, 3.05) is 19.6 Å². The van der Waals surface area contributed by atoms with Crippen molar-refractivity contribution in [3.8, 4) is 0 Å². The third kappa shape index (κ3) is 3.31. The first-order valence-electron chi connectivity index (χ1n) is 6.39. The van der Waals surface area contributed by atoms with Crippen LogP contribution in [0.1, 0.15) is 30.1 Å². The number of hydrogen-bond donors (Lipinski definition) is 2. The molecular formula is C14H19NO3. The van der Waals surface area contributed by atoms with E-state index in [9.17, 15) is 9.90 Å². The zero-order valence-electron chi connectivity index (χ0n) is 10.4. The van der Waals surface area contributed by atoms with Crippen LogP contribution in [0.5, 0.6) is 0 Å². The highest BCUT2D eigenvalue weighted by molar-refractivity contribution is 5.73. The van der Waals surface area contributed by atoms with Gasteiger partial charge in [0.2, 0.25) is 0 Å². The van der Waals surface area contributed by atoms with Crippen molar-refractivity contribution in [3.63, 3.8) is 0 Å². The molecule has 0 saturated carbocycles. The van der Waals surface area contributed by atoms with Gasteiger partial charge in [0.15, 0.2) is 6.10 Å². The van der Waals surface area contributed by atoms with Gasteiger partial charge in [-0.25, -0.2) is 4.79 Å². The molecule has 1 atom stereocenters. The molecule has 1 aliphatic rings. The number of hydrogen-bond acceptors (Lipinski definition) is 3. The molecule has 2 N–H and O–H groups in total. The summed E-state index contributed by atoms with van der Waals surface area (Å²) in [5, 5.41) is 18.1. The number of aliphatic carboxylic acids is 1. The number of benzene rings is 1. The summed E-state index contributed by atoms with van der Waals surface area (Å²) in [6, 6.07) is 7.19. The fourth-order valence-electron chi connectivity index (χ4n) is 2.30. The molecule has 0 bridgehead atoms. The summed E-state index contributed by atoms with van der Waals surface area (Å²) < 4.78 is 0. The van der Waals surface area contributed by atoms with Crippen LogP contribution in [0.4, 0.5) is 0 Å². The van der Waals surface area contributed by atoms with Gasteiger partial charge in [-0.2, -0.15) is 0 Å². The monoisotopic (exact) mass is 249 g/mol. The Balaban J connectivity index is 1.88. The number of carboxylic acids is 1. The van der Waals surface area contributed by atoms with E-state index in [0.717, 1.165) is 13.0 Å². The van der Waals surface area contributed by atoms with Crippen molar-refractivity contribution in [1.29, 1.82) is 0 Å². The smallest absolute Gasteiger partial charge is 0.337 e. The Morgan fingerprint density at radius 1 is 1.22 bits per heavy atom. The summed E-state index contributed by atoms with van der Waals surface area (Å²) in [5.74, 6) is -1.21. The predicted octanol–water partition coefficient (Wildman–Crippen LogP) is 1.44. The van der Waals surface area contributed by atoms with Crippen LogP contribution in [0.25, 0.3) is 0 Å². The standard InChI is InChI=1S/C14H19NO3/c16-13(14(17)18)12-5-3-11(4-6-12)7-10-15-8-1-2-9-15/h3-6,13,16H,1-2,7-10H2,(H,17,18). The van der Waals surface area contributed by atoms with Crippen LogP contribution >= 0.6 is 0 Å². The number of likely N-dealkylation sites (tertiary alicyclic amines) is 1. The number of carbonyl (C=O) groups is 1. The Bertz CT molecular complexity index is 396. The SMILES string of the molecule is O=C(O)C(O)c1ccc(CCN2CCCC2)cc1. The number of aliphatic hydroxyl groups is 1. The van der Waals surface area contributed by atoms with E-state index < -0.39 is 12.1 Å². The number of aliphatic hydroxyl groups excluding tert-OH is 1. The average molecular weight is 249 g/mol. The highest BCUT2D eigenvalue weighted by Crippen LogP contribution is 2.15. The molecule has 1 aromatic carbocycles. The van der Waals surface area contributed by atoms with E-state index in [1.165, 1.54) is 31.5 Å². The summed E-state index contributed by atoms with van der Waals surface area (Å²) in [6.07, 6.45) is 2.15. The summed E-state index contributed by atoms with van der Waals surface area (Å²) in [6.45, 7) is 3.44. The lowest BCUT2D eigenvalue weighted by Crippen LogP contribution is -2.21. The summed E-state index contributed by atoms with van der Waals surface area (Å²) in [7, 11) is 0. The summed E-state index contributed by atoms with van der Waals surface area (Å²) >= 11 is 0. The number of rotatable bonds is 5. The first-order valence-corrected chi connectivity index (χ1v) is 6.39. The zero-order chi connectivity index (χ0) is 13.0. The van der Waals surface area contributed by atoms with Crippen molar-refractivity contribution in [1.82, 2.24) is 4.90 Å². The minimum Gasteiger partial charge on any atom is -0.479 e. The van der Waals surface area contributed by atoms with Crippen LogP contribution in [0.2, 0.25) is 0 Å². The number of carboxylic acid groups (broad SMARTS) is 1. The van der Waals surface area contributed by atoms with E-state index in [4.69, 9.17) is 5.11 Å². The molecule has 18 heavy (non-hydrogen) atoms. The largest absolute Gasteiger partial charge is 0.479 e. The summed E-state index contributed by atoms with van der Waals surface area (Å²) in [4.78, 5) is 13.1. The molecule has 4 heteroatoms. The Morgan fingerprint density at radius 2 is 1.83 bits per heavy atom. The van der Waals surface area contributed by atoms with E-state index in [0.29, 0.717) is 5.56 Å². The van der Waals surface area contributed by atoms with Gasteiger partial charge >= 0.3 is 5.97 Å². The van der Waals surface area contributed by atoms with Crippen molar-refractivity contribution in [2.45, 2.75) is 25.4 Å². The zero-order valence-corrected chi connectivity index (χ0v) is 10.4. The van der Waals surface area contributed by atoms with Gasteiger partial charge in [0.1, 0.15) is 0 Å². The van der Waals surface area contributed by atoms with E-state index >= 15 is 0 Å². The lowest BCUT2D eigenvalue weighted by atomic mass is 10.1. The molecule has 1 saturated heterocycles. The third-order valence-electron chi connectivity index (χ3n) is 3.44. The molecule has 1 fully saturated rings. The molecule has 0 aliphatic carbocycles. The van der Waals surface area contributed by atoms with Gasteiger partial charge in [0, 0.05) is 6.54 Å². The van der Waals surface area contributed by atoms with Gasteiger partial charge in [-0.05, 0) is 43.5 Å². The third-order valence-corrected chi connectivity index (χ3v) is 3.44. The van der Waals surface area contributed by atoms with Gasteiger partial charge in [0.05, 0.1) is 0 Å². The second kappa shape index (κ2) is 5.98. The molecule has 4 nitrogen and oxygen atoms in total. The van der Waals surface area contributed by atoms with Crippen LogP contribution in [-0.4, -0.2) is 40.7 Å². The Morgan fingerprint density at radius 3 is 2.39 bits per heavy atom. The molecule has 1 aliphatic heterocycles. The molecule has 98 valence electrons. The fraction of sp³-hybridized carbons (Fsp3) is 0.500. The van der Waals surface area contributed by atoms with Gasteiger partial charge in [0.25, 0.3) is 0 Å². The van der Waals surface area contributed by atoms with Gasteiger partial charge in [-0.15, -0.1) is 0 Å². The minimum atomic E-state index is -1.42. The molecule has 0 amide bonds. The lowest BCUT2D eigenvalue weighted by Gasteiger charge is -2.14. The summed E-state index contributed by atoms with van der Waals surface area (Å²) in [5.41, 5.74) is 1.62. The highest BCUT2D eigenvalue weighted by Gasteiger charge is 2.15. The average Bonchev–Trinajstić information content (AvgIpc) is 2.89. The normalized spacial score (nSPS) is 17.8. The van der Waals surface area contributed by atoms with Crippen LogP contribution in [0.15, 0.2) is 24.3 Å². The Labute approximate surface area is 107 Å². The highest BCUT2D eigenvalue weighted by atomic mass is 16.4. The van der Waals surface area contributed by atoms with E-state index in [1.54, 1.807) is 12.1 Å². The molecule has 1 unspecified atom stereocenters. The minimum absolute atomic E-state index is 0.437. The second-order valence-corrected chi connectivity index (χ2v) is 4.78. The van der Waals surface area contributed by atoms with Crippen LogP contribution in [-0.2, 0) is 11.2 Å². The second-order valence-electron chi connectivity index (χ2n) is 4.78. The van der Waals surface area contributed by atoms with E-state index in [2.05, 4.69) is 4.90 Å². The maximum atomic E-state index is 10.6. The molecule has 1 aromatic rings. The lowest BCUT2D eigenvalue weighted by molar-refractivity contribution is -0.146. The molecule has 2 rings (SSSR count). The topological polar surface area (TPSA) is 60.8 Å². The van der Waals surface area contributed by atoms with Crippen molar-refractivity contribution in [2.24, 2.45) is 0 Å². The van der Waals surface area contributed by atoms with Crippen molar-refractivity contribution >= 4 is 5.97 Å². The van der Waals surface area contributed by atoms with E-state index in [1.807, 2.05) is 12.1 Å². The van der Waals surface area contributed by atoms with Crippen LogP contribution in [0.3, 0.4) is 0 Å². The molecular weight excluding hydrogens is 230 g/mol. The van der Waals surface area contributed by atoms with Crippen molar-refractivity contribution in [3.05, 3.63) is 35.4 Å². The maximum absolute atomic E-state index is 10.6. The molecule has 1 heterocycles. The fourth-order valence-corrected chi connectivity index (χ4v) is 2.30. The Hall–Kier alpha value is -1.39. The maximum Gasteiger partial charge on any atom is 0.337 e. The Kier molecular flexibility index (Phi) is 4.33. The van der Waals surface area contributed by atoms with Gasteiger partial charge < -0.3 is 15.1 Å². The molecule has 0 aromatic heterocycles. The van der Waals surface area contributed by atoms with E-state index in [-0.39, 0.29) is 0 Å². The quantitative estimate of drug-likeness (QED) is 0.829.